The molecule has 106 valence electrons. The maximum absolute atomic E-state index is 12.2. The fourth-order valence-corrected chi connectivity index (χ4v) is 2.97. The molecule has 1 aromatic carbocycles. The van der Waals surface area contributed by atoms with E-state index < -0.39 is 0 Å². The van der Waals surface area contributed by atoms with Crippen LogP contribution in [-0.2, 0) is 0 Å². The van der Waals surface area contributed by atoms with Crippen LogP contribution < -0.4 is 5.32 Å². The van der Waals surface area contributed by atoms with Crippen molar-refractivity contribution in [2.75, 3.05) is 12.8 Å². The minimum absolute atomic E-state index is 0.0382. The molecule has 0 aliphatic rings. The van der Waals surface area contributed by atoms with Gasteiger partial charge in [0.25, 0.3) is 5.91 Å². The largest absolute Gasteiger partial charge is 0.352 e. The van der Waals surface area contributed by atoms with Gasteiger partial charge in [-0.1, -0.05) is 39.8 Å². The molecule has 0 saturated carbocycles. The number of carbonyl (C=O) groups is 1. The summed E-state index contributed by atoms with van der Waals surface area (Å²) in [6.07, 6.45) is 2.00. The Kier molecular flexibility index (Phi) is 6.43. The van der Waals surface area contributed by atoms with E-state index in [0.29, 0.717) is 17.8 Å². The lowest BCUT2D eigenvalue weighted by Crippen LogP contribution is -2.34. The van der Waals surface area contributed by atoms with Gasteiger partial charge < -0.3 is 5.32 Å². The third kappa shape index (κ3) is 4.57. The first-order valence-electron chi connectivity index (χ1n) is 6.88. The highest BCUT2D eigenvalue weighted by Gasteiger charge is 2.19. The number of hydrogen-bond donors (Lipinski definition) is 1. The van der Waals surface area contributed by atoms with E-state index in [4.69, 9.17) is 0 Å². The predicted octanol–water partition coefficient (Wildman–Crippen LogP) is 4.07. The molecule has 19 heavy (non-hydrogen) atoms. The van der Waals surface area contributed by atoms with E-state index in [0.717, 1.165) is 17.0 Å². The van der Waals surface area contributed by atoms with E-state index in [2.05, 4.69) is 33.0 Å². The van der Waals surface area contributed by atoms with Crippen molar-refractivity contribution in [1.82, 2.24) is 5.32 Å². The molecule has 0 atom stereocenters. The molecule has 0 aliphatic heterocycles. The third-order valence-electron chi connectivity index (χ3n) is 3.56. The van der Waals surface area contributed by atoms with Crippen LogP contribution in [0.2, 0.25) is 0 Å². The van der Waals surface area contributed by atoms with Gasteiger partial charge in [-0.2, -0.15) is 0 Å². The van der Waals surface area contributed by atoms with Gasteiger partial charge in [0.2, 0.25) is 0 Å². The Balaban J connectivity index is 2.69. The zero-order chi connectivity index (χ0) is 14.4. The zero-order valence-electron chi connectivity index (χ0n) is 12.6. The van der Waals surface area contributed by atoms with Gasteiger partial charge in [0.15, 0.2) is 0 Å². The number of carbonyl (C=O) groups excluding carboxylic acids is 1. The van der Waals surface area contributed by atoms with Gasteiger partial charge in [0.05, 0.1) is 5.56 Å². The Bertz CT molecular complexity index is 407. The second kappa shape index (κ2) is 7.59. The highest BCUT2D eigenvalue weighted by molar-refractivity contribution is 7.98. The average Bonchev–Trinajstić information content (AvgIpc) is 2.37. The van der Waals surface area contributed by atoms with Gasteiger partial charge in [-0.25, -0.2) is 0 Å². The normalized spacial score (nSPS) is 11.4. The zero-order valence-corrected chi connectivity index (χ0v) is 13.4. The number of nitrogens with one attached hydrogen (secondary N) is 1. The van der Waals surface area contributed by atoms with Crippen LogP contribution in [0.1, 0.15) is 38.1 Å². The van der Waals surface area contributed by atoms with Crippen LogP contribution in [0.15, 0.2) is 29.2 Å². The van der Waals surface area contributed by atoms with Crippen LogP contribution in [0.4, 0.5) is 0 Å². The van der Waals surface area contributed by atoms with Crippen molar-refractivity contribution in [3.63, 3.8) is 0 Å². The minimum Gasteiger partial charge on any atom is -0.352 e. The minimum atomic E-state index is 0.0382. The van der Waals surface area contributed by atoms with Crippen molar-refractivity contribution >= 4 is 17.7 Å². The van der Waals surface area contributed by atoms with Crippen molar-refractivity contribution in [3.05, 3.63) is 29.8 Å². The predicted molar refractivity (Wildman–Crippen MR) is 83.7 cm³/mol. The van der Waals surface area contributed by atoms with E-state index in [1.165, 1.54) is 0 Å². The number of hydrogen-bond acceptors (Lipinski definition) is 2. The summed E-state index contributed by atoms with van der Waals surface area (Å²) in [7, 11) is 0. The number of thioether (sulfide) groups is 1. The van der Waals surface area contributed by atoms with Gasteiger partial charge in [0.1, 0.15) is 0 Å². The molecule has 0 aliphatic carbocycles. The smallest absolute Gasteiger partial charge is 0.252 e. The summed E-state index contributed by atoms with van der Waals surface area (Å²) < 4.78 is 0. The van der Waals surface area contributed by atoms with E-state index >= 15 is 0 Å². The summed E-state index contributed by atoms with van der Waals surface area (Å²) in [4.78, 5) is 13.3. The summed E-state index contributed by atoms with van der Waals surface area (Å²) in [5.41, 5.74) is 0.779. The van der Waals surface area contributed by atoms with Crippen LogP contribution in [0.5, 0.6) is 0 Å². The second-order valence-corrected chi connectivity index (χ2v) is 6.41. The van der Waals surface area contributed by atoms with Gasteiger partial charge in [-0.15, -0.1) is 11.8 Å². The van der Waals surface area contributed by atoms with Crippen molar-refractivity contribution < 1.29 is 4.79 Å². The van der Waals surface area contributed by atoms with E-state index in [-0.39, 0.29) is 5.91 Å². The molecule has 1 amide bonds. The van der Waals surface area contributed by atoms with Crippen LogP contribution >= 0.6 is 11.8 Å². The topological polar surface area (TPSA) is 29.1 Å². The molecule has 0 heterocycles. The Labute approximate surface area is 121 Å². The van der Waals surface area contributed by atoms with Gasteiger partial charge in [0, 0.05) is 11.4 Å². The highest BCUT2D eigenvalue weighted by atomic mass is 32.2. The fraction of sp³-hybridized carbons (Fsp3) is 0.562. The quantitative estimate of drug-likeness (QED) is 0.795. The van der Waals surface area contributed by atoms with Gasteiger partial charge >= 0.3 is 0 Å². The Morgan fingerprint density at radius 2 is 1.74 bits per heavy atom. The lowest BCUT2D eigenvalue weighted by atomic mass is 9.85. The molecule has 1 aromatic rings. The number of benzene rings is 1. The maximum atomic E-state index is 12.2. The van der Waals surface area contributed by atoms with E-state index in [9.17, 15) is 4.79 Å². The SMILES string of the molecule is CSc1ccccc1C(=O)NCC(C(C)C)C(C)C. The standard InChI is InChI=1S/C16H25NOS/c1-11(2)14(12(3)4)10-17-16(18)13-8-6-7-9-15(13)19-5/h6-9,11-12,14H,10H2,1-5H3,(H,17,18). The van der Waals surface area contributed by atoms with Gasteiger partial charge in [-0.3, -0.25) is 4.79 Å². The molecule has 0 unspecified atom stereocenters. The third-order valence-corrected chi connectivity index (χ3v) is 4.36. The van der Waals surface area contributed by atoms with Crippen molar-refractivity contribution in [1.29, 1.82) is 0 Å². The first-order valence-corrected chi connectivity index (χ1v) is 8.11. The van der Waals surface area contributed by atoms with Crippen molar-refractivity contribution in [3.8, 4) is 0 Å². The summed E-state index contributed by atoms with van der Waals surface area (Å²) in [5.74, 6) is 1.72. The molecular weight excluding hydrogens is 254 g/mol. The molecule has 2 nitrogen and oxygen atoms in total. The van der Waals surface area contributed by atoms with Gasteiger partial charge in [-0.05, 0) is 36.1 Å². The fourth-order valence-electron chi connectivity index (χ4n) is 2.38. The van der Waals surface area contributed by atoms with Crippen LogP contribution in [0.25, 0.3) is 0 Å². The Hall–Kier alpha value is -0.960. The lowest BCUT2D eigenvalue weighted by molar-refractivity contribution is 0.0934. The van der Waals surface area contributed by atoms with Crippen molar-refractivity contribution in [2.45, 2.75) is 32.6 Å². The molecule has 3 heteroatoms. The Morgan fingerprint density at radius 3 is 2.26 bits per heavy atom. The molecule has 0 bridgehead atoms. The second-order valence-electron chi connectivity index (χ2n) is 5.56. The lowest BCUT2D eigenvalue weighted by Gasteiger charge is -2.25. The summed E-state index contributed by atoms with van der Waals surface area (Å²) in [5, 5.41) is 3.08. The molecular formula is C16H25NOS. The number of amides is 1. The van der Waals surface area contributed by atoms with Crippen molar-refractivity contribution in [2.24, 2.45) is 17.8 Å². The van der Waals surface area contributed by atoms with E-state index in [1.54, 1.807) is 11.8 Å². The molecule has 1 N–H and O–H groups in total. The van der Waals surface area contributed by atoms with Crippen LogP contribution in [-0.4, -0.2) is 18.7 Å². The highest BCUT2D eigenvalue weighted by Crippen LogP contribution is 2.21. The molecule has 0 aromatic heterocycles. The first-order chi connectivity index (χ1) is 8.97. The summed E-state index contributed by atoms with van der Waals surface area (Å²) in [6.45, 7) is 9.61. The molecule has 0 spiro atoms. The number of rotatable bonds is 6. The Morgan fingerprint density at radius 1 is 1.16 bits per heavy atom. The molecule has 0 fully saturated rings. The van der Waals surface area contributed by atoms with Crippen LogP contribution in [0, 0.1) is 17.8 Å². The summed E-state index contributed by atoms with van der Waals surface area (Å²) in [6, 6.07) is 7.76. The average molecular weight is 279 g/mol. The maximum Gasteiger partial charge on any atom is 0.252 e. The van der Waals surface area contributed by atoms with Crippen LogP contribution in [0.3, 0.4) is 0 Å². The first kappa shape index (κ1) is 16.1. The summed E-state index contributed by atoms with van der Waals surface area (Å²) >= 11 is 1.61. The monoisotopic (exact) mass is 279 g/mol. The van der Waals surface area contributed by atoms with E-state index in [1.807, 2.05) is 30.5 Å². The molecule has 0 radical (unpaired) electrons. The molecule has 0 saturated heterocycles. The molecule has 1 rings (SSSR count).